The first kappa shape index (κ1) is 16.8. The molecule has 128 valence electrons. The third kappa shape index (κ3) is 3.97. The van der Waals surface area contributed by atoms with Gasteiger partial charge in [-0.3, -0.25) is 4.79 Å². The molecule has 0 aliphatic heterocycles. The van der Waals surface area contributed by atoms with Gasteiger partial charge in [-0.1, -0.05) is 35.9 Å². The highest BCUT2D eigenvalue weighted by Gasteiger charge is 2.45. The van der Waals surface area contributed by atoms with Crippen LogP contribution in [-0.2, 0) is 17.9 Å². The minimum absolute atomic E-state index is 0.0982. The summed E-state index contributed by atoms with van der Waals surface area (Å²) in [7, 11) is 0. The lowest BCUT2D eigenvalue weighted by Gasteiger charge is -2.22. The van der Waals surface area contributed by atoms with Crippen molar-refractivity contribution in [2.24, 2.45) is 5.92 Å². The zero-order valence-electron chi connectivity index (χ0n) is 13.6. The maximum absolute atomic E-state index is 13.1. The van der Waals surface area contributed by atoms with Gasteiger partial charge in [0.1, 0.15) is 0 Å². The summed E-state index contributed by atoms with van der Waals surface area (Å²) in [5.74, 6) is 0.696. The van der Waals surface area contributed by atoms with Crippen molar-refractivity contribution < 1.29 is 4.79 Å². The van der Waals surface area contributed by atoms with Gasteiger partial charge in [0.15, 0.2) is 0 Å². The van der Waals surface area contributed by atoms with Gasteiger partial charge in [-0.25, -0.2) is 0 Å². The predicted molar refractivity (Wildman–Crippen MR) is 105 cm³/mol. The lowest BCUT2D eigenvalue weighted by atomic mass is 10.1. The van der Waals surface area contributed by atoms with Crippen molar-refractivity contribution in [1.82, 2.24) is 4.90 Å². The molecule has 2 heterocycles. The minimum atomic E-state index is 0.0982. The molecule has 1 saturated carbocycles. The number of carbonyl (C=O) groups excluding carboxylic acids is 1. The van der Waals surface area contributed by atoms with E-state index < -0.39 is 0 Å². The molecule has 5 heteroatoms. The van der Waals surface area contributed by atoms with Crippen LogP contribution >= 0.6 is 34.3 Å². The molecule has 2 atom stereocenters. The molecule has 0 N–H and O–H groups in total. The van der Waals surface area contributed by atoms with Gasteiger partial charge >= 0.3 is 0 Å². The lowest BCUT2D eigenvalue weighted by Crippen LogP contribution is -2.31. The molecule has 0 saturated heterocycles. The van der Waals surface area contributed by atoms with E-state index in [1.54, 1.807) is 22.7 Å². The Labute approximate surface area is 160 Å². The fourth-order valence-electron chi connectivity index (χ4n) is 3.17. The summed E-state index contributed by atoms with van der Waals surface area (Å²) >= 11 is 9.39. The lowest BCUT2D eigenvalue weighted by molar-refractivity contribution is -0.133. The Bertz CT molecular complexity index is 791. The molecule has 0 spiro atoms. The highest BCUT2D eigenvalue weighted by atomic mass is 35.5. The number of halogens is 1. The maximum Gasteiger partial charge on any atom is 0.226 e. The molecule has 1 aliphatic rings. The van der Waals surface area contributed by atoms with E-state index >= 15 is 0 Å². The monoisotopic (exact) mass is 387 g/mol. The molecule has 2 aromatic heterocycles. The smallest absolute Gasteiger partial charge is 0.226 e. The molecule has 3 aromatic rings. The molecule has 1 fully saturated rings. The summed E-state index contributed by atoms with van der Waals surface area (Å²) in [4.78, 5) is 17.6. The van der Waals surface area contributed by atoms with Crippen LogP contribution in [0, 0.1) is 5.92 Å². The summed E-state index contributed by atoms with van der Waals surface area (Å²) < 4.78 is 0. The van der Waals surface area contributed by atoms with Crippen LogP contribution in [0.5, 0.6) is 0 Å². The number of carbonyl (C=O) groups is 1. The molecule has 1 aromatic carbocycles. The summed E-state index contributed by atoms with van der Waals surface area (Å²) in [5, 5.41) is 4.87. The van der Waals surface area contributed by atoms with Crippen LogP contribution in [-0.4, -0.2) is 10.8 Å². The third-order valence-electron chi connectivity index (χ3n) is 4.57. The molecule has 2 unspecified atom stereocenters. The first-order chi connectivity index (χ1) is 12.2. The zero-order chi connectivity index (χ0) is 17.2. The molecule has 0 bridgehead atoms. The van der Waals surface area contributed by atoms with Crippen LogP contribution in [0.25, 0.3) is 0 Å². The standard InChI is InChI=1S/C20H18ClNOS2/c21-15-7-5-14(6-8-15)18-11-19(18)20(23)22(12-16-3-1-9-24-16)13-17-4-2-10-25-17/h1-10,18-19H,11-13H2. The summed E-state index contributed by atoms with van der Waals surface area (Å²) in [6.45, 7) is 1.39. The number of benzene rings is 1. The topological polar surface area (TPSA) is 20.3 Å². The van der Waals surface area contributed by atoms with E-state index in [0.717, 1.165) is 11.4 Å². The van der Waals surface area contributed by atoms with Gasteiger partial charge in [-0.2, -0.15) is 0 Å². The van der Waals surface area contributed by atoms with Gasteiger partial charge in [0, 0.05) is 20.7 Å². The van der Waals surface area contributed by atoms with E-state index in [9.17, 15) is 4.79 Å². The van der Waals surface area contributed by atoms with E-state index in [0.29, 0.717) is 19.0 Å². The molecule has 2 nitrogen and oxygen atoms in total. The largest absolute Gasteiger partial charge is 0.332 e. The second-order valence-corrected chi connectivity index (χ2v) is 8.85. The number of nitrogens with zero attached hydrogens (tertiary/aromatic N) is 1. The summed E-state index contributed by atoms with van der Waals surface area (Å²) in [6, 6.07) is 16.2. The van der Waals surface area contributed by atoms with E-state index in [-0.39, 0.29) is 11.8 Å². The Morgan fingerprint density at radius 1 is 1.00 bits per heavy atom. The molecule has 25 heavy (non-hydrogen) atoms. The Hall–Kier alpha value is -1.62. The van der Waals surface area contributed by atoms with Crippen LogP contribution in [0.4, 0.5) is 0 Å². The van der Waals surface area contributed by atoms with Crippen molar-refractivity contribution in [3.05, 3.63) is 79.6 Å². The van der Waals surface area contributed by atoms with Crippen molar-refractivity contribution in [3.8, 4) is 0 Å². The van der Waals surface area contributed by atoms with Crippen molar-refractivity contribution in [2.45, 2.75) is 25.4 Å². The SMILES string of the molecule is O=C(C1CC1c1ccc(Cl)cc1)N(Cc1cccs1)Cc1cccs1. The third-order valence-corrected chi connectivity index (χ3v) is 6.55. The van der Waals surface area contributed by atoms with Crippen LogP contribution < -0.4 is 0 Å². The fraction of sp³-hybridized carbons (Fsp3) is 0.250. The van der Waals surface area contributed by atoms with Crippen molar-refractivity contribution in [1.29, 1.82) is 0 Å². The molecule has 4 rings (SSSR count). The van der Waals surface area contributed by atoms with Crippen LogP contribution in [0.1, 0.15) is 27.7 Å². The molecular formula is C20H18ClNOS2. The number of thiophene rings is 2. The molecule has 1 aliphatic carbocycles. The van der Waals surface area contributed by atoms with Gasteiger partial charge in [0.25, 0.3) is 0 Å². The predicted octanol–water partition coefficient (Wildman–Crippen LogP) is 5.80. The van der Waals surface area contributed by atoms with Crippen LogP contribution in [0.3, 0.4) is 0 Å². The average molecular weight is 388 g/mol. The van der Waals surface area contributed by atoms with E-state index in [1.165, 1.54) is 15.3 Å². The van der Waals surface area contributed by atoms with Gasteiger partial charge in [-0.15, -0.1) is 22.7 Å². The highest BCUT2D eigenvalue weighted by Crippen LogP contribution is 2.49. The highest BCUT2D eigenvalue weighted by molar-refractivity contribution is 7.10. The quantitative estimate of drug-likeness (QED) is 0.523. The maximum atomic E-state index is 13.1. The number of rotatable bonds is 6. The first-order valence-corrected chi connectivity index (χ1v) is 10.4. The Balaban J connectivity index is 1.48. The van der Waals surface area contributed by atoms with E-state index in [4.69, 9.17) is 11.6 Å². The second-order valence-electron chi connectivity index (χ2n) is 6.35. The Kier molecular flexibility index (Phi) is 4.93. The first-order valence-electron chi connectivity index (χ1n) is 8.30. The summed E-state index contributed by atoms with van der Waals surface area (Å²) in [6.07, 6.45) is 0.936. The Morgan fingerprint density at radius 2 is 1.60 bits per heavy atom. The normalized spacial score (nSPS) is 18.9. The van der Waals surface area contributed by atoms with Gasteiger partial charge in [-0.05, 0) is 52.9 Å². The Morgan fingerprint density at radius 3 is 2.12 bits per heavy atom. The number of hydrogen-bond acceptors (Lipinski definition) is 3. The average Bonchev–Trinajstić information content (AvgIpc) is 2.98. The molecule has 0 radical (unpaired) electrons. The molecular weight excluding hydrogens is 370 g/mol. The van der Waals surface area contributed by atoms with Crippen LogP contribution in [0.2, 0.25) is 5.02 Å². The van der Waals surface area contributed by atoms with Crippen LogP contribution in [0.15, 0.2) is 59.3 Å². The number of hydrogen-bond donors (Lipinski definition) is 0. The summed E-state index contributed by atoms with van der Waals surface area (Å²) in [5.41, 5.74) is 1.22. The zero-order valence-corrected chi connectivity index (χ0v) is 16.0. The van der Waals surface area contributed by atoms with Crippen molar-refractivity contribution in [2.75, 3.05) is 0 Å². The van der Waals surface area contributed by atoms with Crippen molar-refractivity contribution in [3.63, 3.8) is 0 Å². The van der Waals surface area contributed by atoms with E-state index in [2.05, 4.69) is 22.9 Å². The second kappa shape index (κ2) is 7.32. The van der Waals surface area contributed by atoms with Gasteiger partial charge in [0.05, 0.1) is 13.1 Å². The van der Waals surface area contributed by atoms with Gasteiger partial charge in [0.2, 0.25) is 5.91 Å². The van der Waals surface area contributed by atoms with E-state index in [1.807, 2.05) is 41.3 Å². The fourth-order valence-corrected chi connectivity index (χ4v) is 4.74. The van der Waals surface area contributed by atoms with Gasteiger partial charge < -0.3 is 4.90 Å². The number of amides is 1. The minimum Gasteiger partial charge on any atom is -0.332 e. The van der Waals surface area contributed by atoms with Crippen molar-refractivity contribution >= 4 is 40.2 Å². The molecule has 1 amide bonds.